The lowest BCUT2D eigenvalue weighted by atomic mass is 9.93. The summed E-state index contributed by atoms with van der Waals surface area (Å²) in [6.07, 6.45) is 13.9. The van der Waals surface area contributed by atoms with Gasteiger partial charge in [-0.25, -0.2) is 24.8 Å². The lowest BCUT2D eigenvalue weighted by Gasteiger charge is -2.18. The number of ketones is 1. The van der Waals surface area contributed by atoms with Crippen LogP contribution >= 0.6 is 69.6 Å². The van der Waals surface area contributed by atoms with Gasteiger partial charge in [-0.3, -0.25) is 19.8 Å². The molecular formula is C63H74Cl6N8O5. The Kier molecular flexibility index (Phi) is 24.6. The van der Waals surface area contributed by atoms with Crippen LogP contribution in [0.2, 0.25) is 30.1 Å². The fourth-order valence-corrected chi connectivity index (χ4v) is 10.8. The summed E-state index contributed by atoms with van der Waals surface area (Å²) in [4.78, 5) is 72.1. The zero-order valence-corrected chi connectivity index (χ0v) is 52.8. The van der Waals surface area contributed by atoms with Crippen LogP contribution in [0.4, 0.5) is 39.8 Å². The molecule has 13 nitrogen and oxygen atoms in total. The second-order valence-corrected chi connectivity index (χ2v) is 23.3. The van der Waals surface area contributed by atoms with Crippen LogP contribution in [0.3, 0.4) is 0 Å². The van der Waals surface area contributed by atoms with Gasteiger partial charge in [-0.1, -0.05) is 147 Å². The van der Waals surface area contributed by atoms with E-state index < -0.39 is 23.2 Å². The Morgan fingerprint density at radius 1 is 0.646 bits per heavy atom. The van der Waals surface area contributed by atoms with Crippen molar-refractivity contribution in [2.75, 3.05) is 53.9 Å². The second-order valence-electron chi connectivity index (χ2n) is 20.8. The number of unbranched alkanes of at least 4 members (excludes halogenated alkanes) is 9. The highest BCUT2D eigenvalue weighted by atomic mass is 35.5. The summed E-state index contributed by atoms with van der Waals surface area (Å²) < 4.78 is 5.50. The number of halogens is 6. The van der Waals surface area contributed by atoms with Gasteiger partial charge in [0.25, 0.3) is 11.8 Å². The maximum Gasteiger partial charge on any atom is 0.339 e. The minimum absolute atomic E-state index is 0.0920. The van der Waals surface area contributed by atoms with E-state index in [9.17, 15) is 19.2 Å². The number of carbonyl (C=O) groups excluding carboxylic acids is 4. The molecule has 0 atom stereocenters. The molecule has 82 heavy (non-hydrogen) atoms. The van der Waals surface area contributed by atoms with Crippen molar-refractivity contribution in [2.24, 2.45) is 20.4 Å². The number of hydrogen-bond donors (Lipinski definition) is 2. The molecule has 1 aliphatic carbocycles. The molecule has 0 unspecified atom stereocenters. The van der Waals surface area contributed by atoms with E-state index >= 15 is 0 Å². The van der Waals surface area contributed by atoms with Gasteiger partial charge in [-0.05, 0) is 150 Å². The van der Waals surface area contributed by atoms with E-state index in [4.69, 9.17) is 79.3 Å². The molecule has 2 amide bonds. The van der Waals surface area contributed by atoms with Gasteiger partial charge in [-0.15, -0.1) is 0 Å². The van der Waals surface area contributed by atoms with Gasteiger partial charge >= 0.3 is 5.97 Å². The first-order chi connectivity index (χ1) is 39.1. The van der Waals surface area contributed by atoms with Crippen LogP contribution in [-0.4, -0.2) is 74.6 Å². The quantitative estimate of drug-likeness (QED) is 0.0254. The highest BCUT2D eigenvalue weighted by Gasteiger charge is 2.51. The molecule has 0 bridgehead atoms. The number of hydrazine groups is 1. The van der Waals surface area contributed by atoms with Gasteiger partial charge in [0, 0.05) is 49.0 Å². The van der Waals surface area contributed by atoms with E-state index in [-0.39, 0.29) is 66.7 Å². The van der Waals surface area contributed by atoms with E-state index in [1.54, 1.807) is 6.07 Å². The number of anilines is 4. The van der Waals surface area contributed by atoms with Crippen LogP contribution in [0.15, 0.2) is 93.8 Å². The third-order valence-corrected chi connectivity index (χ3v) is 16.5. The summed E-state index contributed by atoms with van der Waals surface area (Å²) in [6.45, 7) is 16.1. The fourth-order valence-electron chi connectivity index (χ4n) is 9.10. The number of Topliss-reactive ketones (excluding diaryl/α,β-unsaturated/α-hetero) is 1. The molecule has 0 aromatic heterocycles. The molecular weight excluding hydrogens is 1160 g/mol. The summed E-state index contributed by atoms with van der Waals surface area (Å²) >= 11 is 38.1. The predicted octanol–water partition coefficient (Wildman–Crippen LogP) is 18.0. The first kappa shape index (κ1) is 65.5. The number of amides is 2. The monoisotopic (exact) mass is 1230 g/mol. The third kappa shape index (κ3) is 17.2. The third-order valence-electron chi connectivity index (χ3n) is 14.7. The first-order valence-electron chi connectivity index (χ1n) is 28.1. The van der Waals surface area contributed by atoms with Crippen LogP contribution in [0.1, 0.15) is 138 Å². The molecule has 1 aliphatic heterocycles. The highest BCUT2D eigenvalue weighted by molar-refractivity contribution is 6.73. The molecule has 1 saturated heterocycles. The Balaban J connectivity index is 0.000000271. The average molecular weight is 1240 g/mol. The molecule has 2 N–H and O–H groups in total. The van der Waals surface area contributed by atoms with E-state index in [2.05, 4.69) is 51.3 Å². The number of esters is 1. The Labute approximate surface area is 513 Å². The largest absolute Gasteiger partial charge is 0.462 e. The molecule has 5 aromatic rings. The number of nitrogens with zero attached hydrogens (tertiary/aromatic N) is 6. The number of carbonyl (C=O) groups is 4. The zero-order valence-electron chi connectivity index (χ0n) is 48.3. The molecule has 1 heterocycles. The summed E-state index contributed by atoms with van der Waals surface area (Å²) in [5.74, 6) is -1.83. The lowest BCUT2D eigenvalue weighted by Crippen LogP contribution is -2.36. The highest BCUT2D eigenvalue weighted by Crippen LogP contribution is 2.50. The molecule has 5 aromatic carbocycles. The lowest BCUT2D eigenvalue weighted by molar-refractivity contribution is -0.119. The van der Waals surface area contributed by atoms with Crippen molar-refractivity contribution in [3.05, 3.63) is 131 Å². The molecule has 0 radical (unpaired) electrons. The van der Waals surface area contributed by atoms with Crippen molar-refractivity contribution in [3.8, 4) is 0 Å². The molecule has 2 fully saturated rings. The van der Waals surface area contributed by atoms with Gasteiger partial charge in [0.1, 0.15) is 5.69 Å². The number of ether oxygens (including phenoxy) is 1. The SMILES string of the molecule is CCCCCCCCCCCCOC(=O)c1cc(NC(=O)C(=Nc2ccc(N(C)CC)cc2C)C(=O)C2(CC)CC2)c(Cl)cc1Cl.CCN(C)c1ccc(N=C2C(=O)N(c3c(Cl)cc(Cl)cc3Cl)NC2=Nc2cc(C)ccc2Cl)c(C)c1. The van der Waals surface area contributed by atoms with E-state index in [0.29, 0.717) is 46.4 Å². The minimum Gasteiger partial charge on any atom is -0.462 e. The second kappa shape index (κ2) is 30.8. The van der Waals surface area contributed by atoms with Crippen molar-refractivity contribution < 1.29 is 23.9 Å². The van der Waals surface area contributed by atoms with E-state index in [0.717, 1.165) is 60.4 Å². The van der Waals surface area contributed by atoms with Crippen molar-refractivity contribution in [3.63, 3.8) is 0 Å². The molecule has 19 heteroatoms. The number of hydrogen-bond acceptors (Lipinski definition) is 10. The molecule has 2 aliphatic rings. The number of benzene rings is 5. The standard InChI is InChI=1S/C37H51Cl2N3O4.C26H23Cl4N5O/c1-6-9-10-11-12-13-14-15-16-17-22-46-36(45)28-24-32(30(39)25-29(28)38)41-35(44)33(34(43)37(7-2)20-21-37)40-31-19-18-27(23-26(31)4)42(5)8-3;1-5-34(4)17-7-9-21(15(3)11-17)31-23-25(32-22-10-14(2)6-8-18(22)28)33-35(26(23)36)24-19(29)12-16(27)13-20(24)30/h18-19,23-25H,6-17,20-22H2,1-5H3,(H,41,44);6-13H,5H2,1-4H3,(H,32,33). The van der Waals surface area contributed by atoms with Gasteiger partial charge in [-0.2, -0.15) is 0 Å². The first-order valence-corrected chi connectivity index (χ1v) is 30.4. The van der Waals surface area contributed by atoms with Crippen LogP contribution < -0.4 is 25.6 Å². The van der Waals surface area contributed by atoms with Gasteiger partial charge in [0.15, 0.2) is 23.0 Å². The smallest absolute Gasteiger partial charge is 0.339 e. The maximum absolute atomic E-state index is 13.7. The van der Waals surface area contributed by atoms with E-state index in [1.165, 1.54) is 74.2 Å². The summed E-state index contributed by atoms with van der Waals surface area (Å²) in [7, 11) is 4.01. The van der Waals surface area contributed by atoms with Crippen LogP contribution in [0.25, 0.3) is 0 Å². The molecule has 7 rings (SSSR count). The van der Waals surface area contributed by atoms with Gasteiger partial charge in [0.2, 0.25) is 0 Å². The van der Waals surface area contributed by atoms with Crippen LogP contribution in [-0.2, 0) is 19.1 Å². The van der Waals surface area contributed by atoms with Crippen LogP contribution in [0.5, 0.6) is 0 Å². The predicted molar refractivity (Wildman–Crippen MR) is 344 cm³/mol. The van der Waals surface area contributed by atoms with Gasteiger partial charge in [0.05, 0.1) is 60.0 Å². The summed E-state index contributed by atoms with van der Waals surface area (Å²) in [5, 5.41) is 5.39. The normalized spacial score (nSPS) is 14.6. The Morgan fingerprint density at radius 2 is 1.22 bits per heavy atom. The molecule has 0 spiro atoms. The minimum atomic E-state index is -0.687. The van der Waals surface area contributed by atoms with Crippen molar-refractivity contribution in [2.45, 2.75) is 132 Å². The number of amidine groups is 1. The number of nitrogens with one attached hydrogen (secondary N) is 2. The number of aliphatic imine (C=N–C) groups is 3. The van der Waals surface area contributed by atoms with Crippen molar-refractivity contribution >= 4 is 150 Å². The van der Waals surface area contributed by atoms with Gasteiger partial charge < -0.3 is 19.9 Å². The zero-order chi connectivity index (χ0) is 59.8. The van der Waals surface area contributed by atoms with Crippen molar-refractivity contribution in [1.82, 2.24) is 5.43 Å². The van der Waals surface area contributed by atoms with Crippen LogP contribution in [0, 0.1) is 26.2 Å². The van der Waals surface area contributed by atoms with E-state index in [1.807, 2.05) is 90.3 Å². The number of rotatable bonds is 25. The van der Waals surface area contributed by atoms with Crippen molar-refractivity contribution in [1.29, 1.82) is 0 Å². The summed E-state index contributed by atoms with van der Waals surface area (Å²) in [6, 6.07) is 22.9. The molecule has 1 saturated carbocycles. The molecule has 438 valence electrons. The fraction of sp³-hybridized carbons (Fsp3) is 0.413. The Bertz CT molecular complexity index is 3210. The number of aryl methyl sites for hydroxylation is 3. The topological polar surface area (TPSA) is 148 Å². The average Bonchev–Trinajstić information content (AvgIpc) is 4.38. The Morgan fingerprint density at radius 3 is 1.77 bits per heavy atom. The maximum atomic E-state index is 13.7. The summed E-state index contributed by atoms with van der Waals surface area (Å²) in [5.41, 5.74) is 9.27. The Hall–Kier alpha value is -5.67.